The van der Waals surface area contributed by atoms with E-state index in [4.69, 9.17) is 5.11 Å². The highest BCUT2D eigenvalue weighted by atomic mass is 19.4. The quantitative estimate of drug-likeness (QED) is 0.784. The highest BCUT2D eigenvalue weighted by molar-refractivity contribution is 5.97. The van der Waals surface area contributed by atoms with Crippen molar-refractivity contribution in [1.82, 2.24) is 5.32 Å². The third kappa shape index (κ3) is 4.30. The summed E-state index contributed by atoms with van der Waals surface area (Å²) in [7, 11) is 0. The number of carbonyl (C=O) groups excluding carboxylic acids is 1. The lowest BCUT2D eigenvalue weighted by atomic mass is 9.95. The Morgan fingerprint density at radius 2 is 1.95 bits per heavy atom. The lowest BCUT2D eigenvalue weighted by Gasteiger charge is -2.22. The Kier molecular flexibility index (Phi) is 5.14. The molecule has 1 rings (SSSR count). The van der Waals surface area contributed by atoms with Gasteiger partial charge in [0.2, 0.25) is 0 Å². The van der Waals surface area contributed by atoms with Crippen molar-refractivity contribution in [1.29, 1.82) is 0 Å². The number of carboxylic acid groups (broad SMARTS) is 1. The summed E-state index contributed by atoms with van der Waals surface area (Å²) in [6.07, 6.45) is -6.07. The molecule has 1 aliphatic rings. The molecule has 0 radical (unpaired) electrons. The molecule has 21 heavy (non-hydrogen) atoms. The fraction of sp³-hybridized carbons (Fsp3) is 0.538. The van der Waals surface area contributed by atoms with Crippen molar-refractivity contribution in [2.45, 2.75) is 38.7 Å². The number of hydrogen-bond acceptors (Lipinski definition) is 2. The molecule has 1 amide bonds. The van der Waals surface area contributed by atoms with Crippen LogP contribution in [0.4, 0.5) is 17.6 Å². The Labute approximate surface area is 118 Å². The first-order chi connectivity index (χ1) is 9.54. The fourth-order valence-electron chi connectivity index (χ4n) is 1.82. The zero-order valence-electron chi connectivity index (χ0n) is 11.4. The van der Waals surface area contributed by atoms with Crippen molar-refractivity contribution in [2.75, 3.05) is 0 Å². The van der Waals surface area contributed by atoms with Crippen LogP contribution < -0.4 is 5.32 Å². The van der Waals surface area contributed by atoms with Gasteiger partial charge in [-0.3, -0.25) is 4.79 Å². The molecule has 118 valence electrons. The molecule has 0 bridgehead atoms. The van der Waals surface area contributed by atoms with E-state index in [0.717, 1.165) is 0 Å². The first kappa shape index (κ1) is 17.2. The monoisotopic (exact) mass is 309 g/mol. The average molecular weight is 309 g/mol. The number of allylic oxidation sites excluding steroid dienone is 3. The van der Waals surface area contributed by atoms with Crippen LogP contribution in [0.25, 0.3) is 0 Å². The summed E-state index contributed by atoms with van der Waals surface area (Å²) in [5, 5.41) is 11.0. The van der Waals surface area contributed by atoms with Gasteiger partial charge in [0, 0.05) is 6.42 Å². The zero-order valence-corrected chi connectivity index (χ0v) is 11.4. The second kappa shape index (κ2) is 6.28. The maximum absolute atomic E-state index is 13.6. The summed E-state index contributed by atoms with van der Waals surface area (Å²) >= 11 is 0. The molecule has 0 aromatic heterocycles. The van der Waals surface area contributed by atoms with Crippen LogP contribution in [-0.2, 0) is 9.59 Å². The van der Waals surface area contributed by atoms with Gasteiger partial charge in [0.15, 0.2) is 0 Å². The molecule has 2 unspecified atom stereocenters. The number of rotatable bonds is 4. The Hall–Kier alpha value is -1.86. The summed E-state index contributed by atoms with van der Waals surface area (Å²) in [6, 6.07) is -1.30. The van der Waals surface area contributed by atoms with Gasteiger partial charge in [0.1, 0.15) is 12.2 Å². The first-order valence-electron chi connectivity index (χ1n) is 6.20. The van der Waals surface area contributed by atoms with Gasteiger partial charge in [-0.25, -0.2) is 9.18 Å². The molecule has 0 saturated heterocycles. The lowest BCUT2D eigenvalue weighted by Crippen LogP contribution is -2.46. The van der Waals surface area contributed by atoms with Crippen LogP contribution in [-0.4, -0.2) is 35.4 Å². The predicted octanol–water partition coefficient (Wildman–Crippen LogP) is 2.37. The number of carboxylic acids is 1. The SMILES string of the molecule is CC(C)C(NC(=O)C1=CC(C(F)(F)F)=CCC1F)C(=O)O. The lowest BCUT2D eigenvalue weighted by molar-refractivity contribution is -0.142. The van der Waals surface area contributed by atoms with Crippen LogP contribution in [0.5, 0.6) is 0 Å². The summed E-state index contributed by atoms with van der Waals surface area (Å²) in [4.78, 5) is 22.8. The van der Waals surface area contributed by atoms with E-state index in [1.165, 1.54) is 13.8 Å². The molecule has 4 nitrogen and oxygen atoms in total. The van der Waals surface area contributed by atoms with E-state index in [2.05, 4.69) is 0 Å². The summed E-state index contributed by atoms with van der Waals surface area (Å²) in [6.45, 7) is 3.03. The van der Waals surface area contributed by atoms with Gasteiger partial charge in [-0.1, -0.05) is 19.9 Å². The highest BCUT2D eigenvalue weighted by Gasteiger charge is 2.37. The number of alkyl halides is 4. The normalized spacial score (nSPS) is 20.6. The maximum Gasteiger partial charge on any atom is 0.416 e. The van der Waals surface area contributed by atoms with Crippen LogP contribution in [0.15, 0.2) is 23.3 Å². The van der Waals surface area contributed by atoms with Gasteiger partial charge in [-0.2, -0.15) is 13.2 Å². The van der Waals surface area contributed by atoms with Crippen LogP contribution in [0.1, 0.15) is 20.3 Å². The van der Waals surface area contributed by atoms with E-state index in [9.17, 15) is 27.2 Å². The van der Waals surface area contributed by atoms with Crippen LogP contribution in [0.2, 0.25) is 0 Å². The van der Waals surface area contributed by atoms with Gasteiger partial charge in [0.05, 0.1) is 11.1 Å². The standard InChI is InChI=1S/C13H15F4NO3/c1-6(2)10(12(20)21)18-11(19)8-5-7(13(15,16)17)3-4-9(8)14/h3,5-6,9-10H,4H2,1-2H3,(H,18,19)(H,20,21). The van der Waals surface area contributed by atoms with Crippen LogP contribution in [0.3, 0.4) is 0 Å². The largest absolute Gasteiger partial charge is 0.480 e. The number of halogens is 4. The second-order valence-electron chi connectivity index (χ2n) is 4.99. The first-order valence-corrected chi connectivity index (χ1v) is 6.20. The molecule has 8 heteroatoms. The number of carbonyl (C=O) groups is 2. The molecule has 1 aliphatic carbocycles. The topological polar surface area (TPSA) is 66.4 Å². The minimum atomic E-state index is -4.68. The van der Waals surface area contributed by atoms with E-state index in [1.54, 1.807) is 0 Å². The zero-order chi connectivity index (χ0) is 16.4. The predicted molar refractivity (Wildman–Crippen MR) is 66.1 cm³/mol. The molecular weight excluding hydrogens is 294 g/mol. The van der Waals surface area contributed by atoms with Gasteiger partial charge >= 0.3 is 12.1 Å². The second-order valence-corrected chi connectivity index (χ2v) is 4.99. The van der Waals surface area contributed by atoms with Gasteiger partial charge < -0.3 is 10.4 Å². The third-order valence-corrected chi connectivity index (χ3v) is 3.00. The van der Waals surface area contributed by atoms with Crippen molar-refractivity contribution in [3.63, 3.8) is 0 Å². The molecular formula is C13H15F4NO3. The molecule has 0 heterocycles. The van der Waals surface area contributed by atoms with Gasteiger partial charge in [-0.05, 0) is 12.0 Å². The van der Waals surface area contributed by atoms with Crippen molar-refractivity contribution in [3.05, 3.63) is 23.3 Å². The van der Waals surface area contributed by atoms with E-state index in [1.807, 2.05) is 5.32 Å². The molecule has 0 aromatic rings. The van der Waals surface area contributed by atoms with Crippen molar-refractivity contribution in [3.8, 4) is 0 Å². The molecule has 2 N–H and O–H groups in total. The Morgan fingerprint density at radius 1 is 1.38 bits per heavy atom. The third-order valence-electron chi connectivity index (χ3n) is 3.00. The maximum atomic E-state index is 13.6. The minimum Gasteiger partial charge on any atom is -0.480 e. The highest BCUT2D eigenvalue weighted by Crippen LogP contribution is 2.32. The van der Waals surface area contributed by atoms with Crippen molar-refractivity contribution >= 4 is 11.9 Å². The summed E-state index contributed by atoms with van der Waals surface area (Å²) in [5.41, 5.74) is -1.82. The Balaban J connectivity index is 2.97. The molecule has 0 spiro atoms. The van der Waals surface area contributed by atoms with Crippen LogP contribution in [0, 0.1) is 5.92 Å². The minimum absolute atomic E-state index is 0.419. The Bertz CT molecular complexity index is 494. The van der Waals surface area contributed by atoms with Crippen LogP contribution >= 0.6 is 0 Å². The fourth-order valence-corrected chi connectivity index (χ4v) is 1.82. The van der Waals surface area contributed by atoms with E-state index in [0.29, 0.717) is 12.2 Å². The number of aliphatic carboxylic acids is 1. The van der Waals surface area contributed by atoms with E-state index in [-0.39, 0.29) is 0 Å². The number of hydrogen-bond donors (Lipinski definition) is 2. The smallest absolute Gasteiger partial charge is 0.416 e. The molecule has 2 atom stereocenters. The molecule has 0 aromatic carbocycles. The summed E-state index contributed by atoms with van der Waals surface area (Å²) < 4.78 is 51.3. The van der Waals surface area contributed by atoms with Crippen molar-refractivity contribution in [2.24, 2.45) is 5.92 Å². The molecule has 0 aliphatic heterocycles. The van der Waals surface area contributed by atoms with Gasteiger partial charge in [0.25, 0.3) is 5.91 Å². The summed E-state index contributed by atoms with van der Waals surface area (Å²) in [5.74, 6) is -2.97. The number of amides is 1. The number of nitrogens with one attached hydrogen (secondary N) is 1. The van der Waals surface area contributed by atoms with Crippen molar-refractivity contribution < 1.29 is 32.3 Å². The van der Waals surface area contributed by atoms with Gasteiger partial charge in [-0.15, -0.1) is 0 Å². The molecule has 0 saturated carbocycles. The van der Waals surface area contributed by atoms with E-state index < -0.39 is 53.8 Å². The van der Waals surface area contributed by atoms with E-state index >= 15 is 0 Å². The Morgan fingerprint density at radius 3 is 2.38 bits per heavy atom. The average Bonchev–Trinajstić information content (AvgIpc) is 2.33. The molecule has 0 fully saturated rings.